The van der Waals surface area contributed by atoms with E-state index in [0.29, 0.717) is 24.6 Å². The third-order valence-corrected chi connectivity index (χ3v) is 6.10. The van der Waals surface area contributed by atoms with Gasteiger partial charge in [0.1, 0.15) is 5.82 Å². The predicted octanol–water partition coefficient (Wildman–Crippen LogP) is 4.18. The number of halogens is 1. The number of carbonyl (C=O) groups is 1. The van der Waals surface area contributed by atoms with Crippen LogP contribution >= 0.6 is 0 Å². The molecule has 4 rings (SSSR count). The first-order valence-electron chi connectivity index (χ1n) is 10.6. The lowest BCUT2D eigenvalue weighted by Gasteiger charge is -2.33. The molecule has 2 aliphatic heterocycles. The van der Waals surface area contributed by atoms with Gasteiger partial charge in [-0.05, 0) is 73.5 Å². The van der Waals surface area contributed by atoms with Crippen LogP contribution in [0.2, 0.25) is 0 Å². The van der Waals surface area contributed by atoms with E-state index in [2.05, 4.69) is 11.8 Å². The minimum atomic E-state index is -0.528. The number of rotatable bonds is 4. The van der Waals surface area contributed by atoms with Crippen LogP contribution in [0.15, 0.2) is 42.5 Å². The Morgan fingerprint density at radius 2 is 2.07 bits per heavy atom. The number of carbonyl (C=O) groups excluding carboxylic acids is 1. The molecule has 0 spiro atoms. The maximum atomic E-state index is 13.5. The predicted molar refractivity (Wildman–Crippen MR) is 113 cm³/mol. The van der Waals surface area contributed by atoms with Crippen molar-refractivity contribution in [3.05, 3.63) is 65.0 Å². The number of fused-ring (bicyclic) bond motifs is 1. The summed E-state index contributed by atoms with van der Waals surface area (Å²) in [5.41, 5.74) is 3.21. The third kappa shape index (κ3) is 4.51. The average Bonchev–Trinajstić information content (AvgIpc) is 2.72. The highest BCUT2D eigenvalue weighted by Gasteiger charge is 2.25. The van der Waals surface area contributed by atoms with E-state index in [9.17, 15) is 14.3 Å². The minimum Gasteiger partial charge on any atom is -0.387 e. The summed E-state index contributed by atoms with van der Waals surface area (Å²) < 4.78 is 13.5. The molecule has 2 aromatic carbocycles. The number of nitrogens with zero attached hydrogens (tertiary/aromatic N) is 2. The van der Waals surface area contributed by atoms with Crippen molar-refractivity contribution < 1.29 is 14.3 Å². The molecule has 154 valence electrons. The van der Waals surface area contributed by atoms with Crippen molar-refractivity contribution >= 4 is 11.6 Å². The molecule has 0 aliphatic carbocycles. The molecule has 5 heteroatoms. The van der Waals surface area contributed by atoms with Crippen LogP contribution < -0.4 is 4.90 Å². The van der Waals surface area contributed by atoms with E-state index in [0.717, 1.165) is 42.7 Å². The van der Waals surface area contributed by atoms with E-state index < -0.39 is 11.9 Å². The van der Waals surface area contributed by atoms with Gasteiger partial charge in [0.05, 0.1) is 6.10 Å². The van der Waals surface area contributed by atoms with Gasteiger partial charge in [-0.15, -0.1) is 0 Å². The van der Waals surface area contributed by atoms with Crippen LogP contribution in [0.3, 0.4) is 0 Å². The second kappa shape index (κ2) is 8.64. The van der Waals surface area contributed by atoms with Gasteiger partial charge in [0.15, 0.2) is 0 Å². The van der Waals surface area contributed by atoms with Crippen molar-refractivity contribution in [2.45, 2.75) is 38.7 Å². The second-order valence-electron chi connectivity index (χ2n) is 8.48. The Balaban J connectivity index is 1.51. The number of aliphatic hydroxyl groups excluding tert-OH is 1. The second-order valence-corrected chi connectivity index (χ2v) is 8.48. The first-order chi connectivity index (χ1) is 14.0. The van der Waals surface area contributed by atoms with Crippen molar-refractivity contribution in [1.29, 1.82) is 0 Å². The summed E-state index contributed by atoms with van der Waals surface area (Å²) in [6, 6.07) is 11.7. The molecule has 2 atom stereocenters. The summed E-state index contributed by atoms with van der Waals surface area (Å²) in [5.74, 6) is 0.0986. The maximum absolute atomic E-state index is 13.5. The van der Waals surface area contributed by atoms with E-state index >= 15 is 0 Å². The van der Waals surface area contributed by atoms with Crippen molar-refractivity contribution in [2.75, 3.05) is 31.1 Å². The van der Waals surface area contributed by atoms with E-state index in [1.807, 2.05) is 18.2 Å². The quantitative estimate of drug-likeness (QED) is 0.843. The van der Waals surface area contributed by atoms with Gasteiger partial charge in [0, 0.05) is 30.9 Å². The molecule has 1 fully saturated rings. The lowest BCUT2D eigenvalue weighted by molar-refractivity contribution is 0.0875. The number of anilines is 1. The first kappa shape index (κ1) is 20.0. The van der Waals surface area contributed by atoms with Crippen molar-refractivity contribution in [3.63, 3.8) is 0 Å². The molecule has 1 N–H and O–H groups in total. The molecule has 29 heavy (non-hydrogen) atoms. The highest BCUT2D eigenvalue weighted by molar-refractivity contribution is 6.06. The number of benzene rings is 2. The highest BCUT2D eigenvalue weighted by atomic mass is 19.1. The summed E-state index contributed by atoms with van der Waals surface area (Å²) in [7, 11) is 0. The van der Waals surface area contributed by atoms with Crippen LogP contribution in [0.5, 0.6) is 0 Å². The first-order valence-corrected chi connectivity index (χ1v) is 10.6. The number of aliphatic hydroxyl groups is 1. The summed E-state index contributed by atoms with van der Waals surface area (Å²) >= 11 is 0. The van der Waals surface area contributed by atoms with Gasteiger partial charge in [-0.1, -0.05) is 25.1 Å². The Hall–Kier alpha value is -2.24. The SMILES string of the molecule is C[C@@H]1CCCN(C[C@@H](O)c2ccc3c(c2)CCCN3C(=O)c2cccc(F)c2)C1. The number of β-amino-alcohol motifs (C(OH)–C–C–N with tert-alkyl or cyclic N) is 1. The van der Waals surface area contributed by atoms with Crippen LogP contribution in [0.1, 0.15) is 53.8 Å². The fourth-order valence-corrected chi connectivity index (χ4v) is 4.62. The molecule has 0 saturated carbocycles. The molecule has 1 amide bonds. The van der Waals surface area contributed by atoms with E-state index in [1.165, 1.54) is 25.0 Å². The van der Waals surface area contributed by atoms with Crippen LogP contribution in [0.4, 0.5) is 10.1 Å². The molecule has 2 aliphatic rings. The topological polar surface area (TPSA) is 43.8 Å². The highest BCUT2D eigenvalue weighted by Crippen LogP contribution is 2.31. The number of hydrogen-bond donors (Lipinski definition) is 1. The molecular formula is C24H29FN2O2. The van der Waals surface area contributed by atoms with Gasteiger partial charge < -0.3 is 14.9 Å². The minimum absolute atomic E-state index is 0.180. The summed E-state index contributed by atoms with van der Waals surface area (Å²) in [5, 5.41) is 10.8. The zero-order valence-corrected chi connectivity index (χ0v) is 17.0. The Bertz CT molecular complexity index is 885. The molecule has 2 aromatic rings. The summed E-state index contributed by atoms with van der Waals surface area (Å²) in [4.78, 5) is 17.0. The average molecular weight is 397 g/mol. The maximum Gasteiger partial charge on any atom is 0.258 e. The van der Waals surface area contributed by atoms with Gasteiger partial charge in [-0.2, -0.15) is 0 Å². The van der Waals surface area contributed by atoms with Crippen molar-refractivity contribution in [1.82, 2.24) is 4.90 Å². The van der Waals surface area contributed by atoms with Crippen LogP contribution in [0.25, 0.3) is 0 Å². The molecular weight excluding hydrogens is 367 g/mol. The number of likely N-dealkylation sites (tertiary alicyclic amines) is 1. The summed E-state index contributed by atoms with van der Waals surface area (Å²) in [6.07, 6.45) is 3.66. The number of amides is 1. The largest absolute Gasteiger partial charge is 0.387 e. The van der Waals surface area contributed by atoms with Gasteiger partial charge in [-0.25, -0.2) is 4.39 Å². The number of hydrogen-bond acceptors (Lipinski definition) is 3. The smallest absolute Gasteiger partial charge is 0.258 e. The van der Waals surface area contributed by atoms with E-state index in [4.69, 9.17) is 0 Å². The van der Waals surface area contributed by atoms with Gasteiger partial charge in [0.2, 0.25) is 0 Å². The molecule has 0 radical (unpaired) electrons. The zero-order valence-electron chi connectivity index (χ0n) is 17.0. The molecule has 0 bridgehead atoms. The molecule has 0 aromatic heterocycles. The van der Waals surface area contributed by atoms with Crippen LogP contribution in [0, 0.1) is 11.7 Å². The standard InChI is InChI=1S/C24H29FN2O2/c1-17-5-3-11-26(15-17)16-23(28)19-9-10-22-18(13-19)7-4-12-27(22)24(29)20-6-2-8-21(25)14-20/h2,6,8-10,13-14,17,23,28H,3-5,7,11-12,15-16H2,1H3/t17-,23-/m1/s1. The Kier molecular flexibility index (Phi) is 5.97. The molecule has 1 saturated heterocycles. The summed E-state index contributed by atoms with van der Waals surface area (Å²) in [6.45, 7) is 5.62. The van der Waals surface area contributed by atoms with E-state index in [-0.39, 0.29) is 5.91 Å². The monoisotopic (exact) mass is 396 g/mol. The van der Waals surface area contributed by atoms with Gasteiger partial charge in [0.25, 0.3) is 5.91 Å². The molecule has 2 heterocycles. The Morgan fingerprint density at radius 3 is 2.86 bits per heavy atom. The lowest BCUT2D eigenvalue weighted by Crippen LogP contribution is -2.37. The Labute approximate surface area is 171 Å². The fourth-order valence-electron chi connectivity index (χ4n) is 4.62. The Morgan fingerprint density at radius 1 is 1.21 bits per heavy atom. The van der Waals surface area contributed by atoms with Gasteiger partial charge >= 0.3 is 0 Å². The fraction of sp³-hybridized carbons (Fsp3) is 0.458. The third-order valence-electron chi connectivity index (χ3n) is 6.10. The van der Waals surface area contributed by atoms with Crippen LogP contribution in [-0.4, -0.2) is 42.1 Å². The molecule has 0 unspecified atom stereocenters. The zero-order chi connectivity index (χ0) is 20.4. The van der Waals surface area contributed by atoms with Gasteiger partial charge in [-0.3, -0.25) is 4.79 Å². The normalized spacial score (nSPS) is 20.9. The number of aryl methyl sites for hydroxylation is 1. The number of piperidine rings is 1. The lowest BCUT2D eigenvalue weighted by atomic mass is 9.95. The van der Waals surface area contributed by atoms with Crippen molar-refractivity contribution in [2.24, 2.45) is 5.92 Å². The molecule has 4 nitrogen and oxygen atoms in total. The van der Waals surface area contributed by atoms with Crippen LogP contribution in [-0.2, 0) is 6.42 Å². The van der Waals surface area contributed by atoms with Crippen molar-refractivity contribution in [3.8, 4) is 0 Å². The van der Waals surface area contributed by atoms with E-state index in [1.54, 1.807) is 17.0 Å².